The van der Waals surface area contributed by atoms with Crippen molar-refractivity contribution >= 4 is 5.78 Å². The lowest BCUT2D eigenvalue weighted by Crippen LogP contribution is -2.17. The lowest BCUT2D eigenvalue weighted by atomic mass is 9.89. The SMILES string of the molecule is CC=CC(C)(C)C(C)=O. The summed E-state index contributed by atoms with van der Waals surface area (Å²) in [6, 6.07) is 0. The van der Waals surface area contributed by atoms with Crippen molar-refractivity contribution in [1.29, 1.82) is 0 Å². The standard InChI is InChI=1S/C8H14O/c1-5-6-8(3,4)7(2)9/h5-6H,1-4H3. The van der Waals surface area contributed by atoms with E-state index in [0.717, 1.165) is 0 Å². The van der Waals surface area contributed by atoms with Gasteiger partial charge in [-0.1, -0.05) is 12.2 Å². The summed E-state index contributed by atoms with van der Waals surface area (Å²) in [7, 11) is 0. The molecule has 0 unspecified atom stereocenters. The van der Waals surface area contributed by atoms with Crippen molar-refractivity contribution in [3.63, 3.8) is 0 Å². The van der Waals surface area contributed by atoms with Crippen LogP contribution in [0.3, 0.4) is 0 Å². The van der Waals surface area contributed by atoms with E-state index in [1.807, 2.05) is 32.9 Å². The van der Waals surface area contributed by atoms with Crippen molar-refractivity contribution in [3.05, 3.63) is 12.2 Å². The van der Waals surface area contributed by atoms with Gasteiger partial charge in [0.1, 0.15) is 5.78 Å². The van der Waals surface area contributed by atoms with Gasteiger partial charge in [-0.05, 0) is 27.7 Å². The number of rotatable bonds is 2. The third-order valence-electron chi connectivity index (χ3n) is 1.49. The van der Waals surface area contributed by atoms with E-state index in [-0.39, 0.29) is 11.2 Å². The van der Waals surface area contributed by atoms with E-state index in [0.29, 0.717) is 0 Å². The van der Waals surface area contributed by atoms with E-state index in [9.17, 15) is 4.79 Å². The molecule has 0 radical (unpaired) electrons. The normalized spacial score (nSPS) is 12.4. The molecule has 0 amide bonds. The molecule has 0 aliphatic carbocycles. The molecule has 9 heavy (non-hydrogen) atoms. The molecule has 0 rings (SSSR count). The van der Waals surface area contributed by atoms with Crippen LogP contribution in [0.2, 0.25) is 0 Å². The van der Waals surface area contributed by atoms with E-state index < -0.39 is 0 Å². The molecule has 0 spiro atoms. The average Bonchev–Trinajstić information content (AvgIpc) is 1.65. The van der Waals surface area contributed by atoms with Crippen LogP contribution >= 0.6 is 0 Å². The van der Waals surface area contributed by atoms with E-state index >= 15 is 0 Å². The monoisotopic (exact) mass is 126 g/mol. The summed E-state index contributed by atoms with van der Waals surface area (Å²) in [5.41, 5.74) is -0.269. The second-order valence-corrected chi connectivity index (χ2v) is 2.78. The van der Waals surface area contributed by atoms with Crippen molar-refractivity contribution in [3.8, 4) is 0 Å². The zero-order valence-corrected chi connectivity index (χ0v) is 6.56. The number of ketones is 1. The predicted octanol–water partition coefficient (Wildman–Crippen LogP) is 2.18. The Morgan fingerprint density at radius 1 is 1.44 bits per heavy atom. The van der Waals surface area contributed by atoms with Crippen LogP contribution < -0.4 is 0 Å². The lowest BCUT2D eigenvalue weighted by Gasteiger charge is -2.14. The second-order valence-electron chi connectivity index (χ2n) is 2.78. The summed E-state index contributed by atoms with van der Waals surface area (Å²) in [4.78, 5) is 10.8. The fourth-order valence-corrected chi connectivity index (χ4v) is 0.534. The smallest absolute Gasteiger partial charge is 0.139 e. The van der Waals surface area contributed by atoms with Crippen molar-refractivity contribution < 1.29 is 4.79 Å². The molecule has 0 aromatic rings. The molecule has 52 valence electrons. The molecule has 0 fully saturated rings. The number of carbonyl (C=O) groups excluding carboxylic acids is 1. The summed E-state index contributed by atoms with van der Waals surface area (Å²) in [5, 5.41) is 0. The first-order chi connectivity index (χ1) is 4.00. The molecule has 0 aliphatic rings. The third kappa shape index (κ3) is 2.45. The van der Waals surface area contributed by atoms with E-state index in [1.165, 1.54) is 0 Å². The Morgan fingerprint density at radius 2 is 1.89 bits per heavy atom. The molecule has 1 heteroatoms. The van der Waals surface area contributed by atoms with Gasteiger partial charge in [0.15, 0.2) is 0 Å². The van der Waals surface area contributed by atoms with Crippen LogP contribution in [0.5, 0.6) is 0 Å². The van der Waals surface area contributed by atoms with Gasteiger partial charge in [0.05, 0.1) is 0 Å². The molecular weight excluding hydrogens is 112 g/mol. The summed E-state index contributed by atoms with van der Waals surface area (Å²) in [6.07, 6.45) is 3.82. The maximum atomic E-state index is 10.8. The van der Waals surface area contributed by atoms with Crippen LogP contribution in [0.25, 0.3) is 0 Å². The highest BCUT2D eigenvalue weighted by atomic mass is 16.1. The zero-order chi connectivity index (χ0) is 7.49. The van der Waals surface area contributed by atoms with Gasteiger partial charge in [0.2, 0.25) is 0 Å². The Hall–Kier alpha value is -0.590. The minimum Gasteiger partial charge on any atom is -0.299 e. The van der Waals surface area contributed by atoms with Crippen LogP contribution in [0.4, 0.5) is 0 Å². The van der Waals surface area contributed by atoms with E-state index in [2.05, 4.69) is 0 Å². The van der Waals surface area contributed by atoms with Gasteiger partial charge in [-0.15, -0.1) is 0 Å². The van der Waals surface area contributed by atoms with Crippen molar-refractivity contribution in [1.82, 2.24) is 0 Å². The molecule has 1 nitrogen and oxygen atoms in total. The average molecular weight is 126 g/mol. The minimum atomic E-state index is -0.269. The molecule has 0 aromatic heterocycles. The number of Topliss-reactive ketones (excluding diaryl/α,β-unsaturated/α-hetero) is 1. The highest BCUT2D eigenvalue weighted by molar-refractivity contribution is 5.83. The summed E-state index contributed by atoms with van der Waals surface area (Å²) < 4.78 is 0. The van der Waals surface area contributed by atoms with Crippen LogP contribution in [0, 0.1) is 5.41 Å². The number of hydrogen-bond donors (Lipinski definition) is 0. The fraction of sp³-hybridized carbons (Fsp3) is 0.625. The molecular formula is C8H14O. The Bertz CT molecular complexity index is 132. The number of hydrogen-bond acceptors (Lipinski definition) is 1. The molecule has 0 aliphatic heterocycles. The first-order valence-electron chi connectivity index (χ1n) is 3.15. The first kappa shape index (κ1) is 8.41. The molecule has 0 saturated heterocycles. The fourth-order valence-electron chi connectivity index (χ4n) is 0.534. The molecule has 0 N–H and O–H groups in total. The highest BCUT2D eigenvalue weighted by Crippen LogP contribution is 2.17. The molecule has 0 saturated carbocycles. The molecule has 0 aromatic carbocycles. The largest absolute Gasteiger partial charge is 0.299 e. The maximum absolute atomic E-state index is 10.8. The maximum Gasteiger partial charge on any atom is 0.139 e. The number of allylic oxidation sites excluding steroid dienone is 2. The summed E-state index contributed by atoms with van der Waals surface area (Å²) >= 11 is 0. The van der Waals surface area contributed by atoms with Crippen LogP contribution in [0.15, 0.2) is 12.2 Å². The lowest BCUT2D eigenvalue weighted by molar-refractivity contribution is -0.122. The Balaban J connectivity index is 4.19. The zero-order valence-electron chi connectivity index (χ0n) is 6.56. The van der Waals surface area contributed by atoms with Crippen LogP contribution in [-0.2, 0) is 4.79 Å². The molecule has 0 atom stereocenters. The minimum absolute atomic E-state index is 0.209. The summed E-state index contributed by atoms with van der Waals surface area (Å²) in [6.45, 7) is 7.36. The van der Waals surface area contributed by atoms with Gasteiger partial charge in [-0.25, -0.2) is 0 Å². The van der Waals surface area contributed by atoms with Gasteiger partial charge < -0.3 is 0 Å². The number of carbonyl (C=O) groups is 1. The Morgan fingerprint density at radius 3 is 2.00 bits per heavy atom. The molecule has 0 heterocycles. The van der Waals surface area contributed by atoms with Gasteiger partial charge >= 0.3 is 0 Å². The Labute approximate surface area is 56.8 Å². The third-order valence-corrected chi connectivity index (χ3v) is 1.49. The van der Waals surface area contributed by atoms with E-state index in [4.69, 9.17) is 0 Å². The first-order valence-corrected chi connectivity index (χ1v) is 3.15. The van der Waals surface area contributed by atoms with Gasteiger partial charge in [0.25, 0.3) is 0 Å². The Kier molecular flexibility index (Phi) is 2.63. The second kappa shape index (κ2) is 2.81. The van der Waals surface area contributed by atoms with Crippen LogP contribution in [0.1, 0.15) is 27.7 Å². The summed E-state index contributed by atoms with van der Waals surface area (Å²) in [5.74, 6) is 0.209. The quantitative estimate of drug-likeness (QED) is 0.518. The predicted molar refractivity (Wildman–Crippen MR) is 39.3 cm³/mol. The highest BCUT2D eigenvalue weighted by Gasteiger charge is 2.18. The van der Waals surface area contributed by atoms with Crippen molar-refractivity contribution in [2.75, 3.05) is 0 Å². The van der Waals surface area contributed by atoms with Crippen molar-refractivity contribution in [2.45, 2.75) is 27.7 Å². The van der Waals surface area contributed by atoms with Gasteiger partial charge in [0, 0.05) is 5.41 Å². The topological polar surface area (TPSA) is 17.1 Å². The molecule has 0 bridgehead atoms. The van der Waals surface area contributed by atoms with Crippen LogP contribution in [-0.4, -0.2) is 5.78 Å². The van der Waals surface area contributed by atoms with Gasteiger partial charge in [-0.3, -0.25) is 4.79 Å². The van der Waals surface area contributed by atoms with Gasteiger partial charge in [-0.2, -0.15) is 0 Å². The van der Waals surface area contributed by atoms with Crippen molar-refractivity contribution in [2.24, 2.45) is 5.41 Å². The van der Waals surface area contributed by atoms with E-state index in [1.54, 1.807) is 6.92 Å².